The van der Waals surface area contributed by atoms with E-state index in [0.717, 1.165) is 12.1 Å². The van der Waals surface area contributed by atoms with Crippen LogP contribution in [0.5, 0.6) is 0 Å². The quantitative estimate of drug-likeness (QED) is 0.573. The van der Waals surface area contributed by atoms with Crippen LogP contribution in [-0.4, -0.2) is 12.2 Å². The molecule has 0 atom stereocenters. The van der Waals surface area contributed by atoms with E-state index in [1.807, 2.05) is 6.08 Å². The van der Waals surface area contributed by atoms with E-state index in [1.165, 1.54) is 6.34 Å². The van der Waals surface area contributed by atoms with Gasteiger partial charge < -0.3 is 0 Å². The van der Waals surface area contributed by atoms with E-state index in [9.17, 15) is 0 Å². The highest BCUT2D eigenvalue weighted by molar-refractivity contribution is 5.72. The summed E-state index contributed by atoms with van der Waals surface area (Å²) < 4.78 is 0. The van der Waals surface area contributed by atoms with Crippen LogP contribution in [0, 0.1) is 5.92 Å². The van der Waals surface area contributed by atoms with Crippen molar-refractivity contribution < 1.29 is 0 Å². The van der Waals surface area contributed by atoms with Gasteiger partial charge in [-0.1, -0.05) is 13.8 Å². The van der Waals surface area contributed by atoms with Crippen molar-refractivity contribution in [1.82, 2.24) is 0 Å². The van der Waals surface area contributed by atoms with Crippen molar-refractivity contribution in [1.29, 1.82) is 0 Å². The minimum Gasteiger partial charge on any atom is -0.241 e. The molecule has 0 radical (unpaired) electrons. The van der Waals surface area contributed by atoms with Crippen LogP contribution in [0.1, 0.15) is 20.3 Å². The van der Waals surface area contributed by atoms with Gasteiger partial charge in [0.2, 0.25) is 0 Å². The summed E-state index contributed by atoms with van der Waals surface area (Å²) in [5.41, 5.74) is 1.08. The lowest BCUT2D eigenvalue weighted by Gasteiger charge is -2.02. The molecule has 1 aliphatic rings. The maximum absolute atomic E-state index is 4.14. The Morgan fingerprint density at radius 3 is 3.09 bits per heavy atom. The van der Waals surface area contributed by atoms with Gasteiger partial charge in [-0.15, -0.1) is 0 Å². The van der Waals surface area contributed by atoms with Crippen LogP contribution in [0.4, 0.5) is 0 Å². The van der Waals surface area contributed by atoms with Crippen molar-refractivity contribution in [3.63, 3.8) is 0 Å². The van der Waals surface area contributed by atoms with Crippen molar-refractivity contribution >= 4 is 12.2 Å². The molecule has 0 fully saturated rings. The summed E-state index contributed by atoms with van der Waals surface area (Å²) in [6, 6.07) is 0. The average molecular weight is 148 g/mol. The number of hydrogen-bond acceptors (Lipinski definition) is 2. The van der Waals surface area contributed by atoms with Crippen molar-refractivity contribution in [2.24, 2.45) is 15.9 Å². The predicted octanol–water partition coefficient (Wildman–Crippen LogP) is 2.18. The van der Waals surface area contributed by atoms with E-state index in [0.29, 0.717) is 5.92 Å². The van der Waals surface area contributed by atoms with Gasteiger partial charge in [-0.25, -0.2) is 4.99 Å². The van der Waals surface area contributed by atoms with Crippen LogP contribution in [0.15, 0.2) is 27.8 Å². The largest absolute Gasteiger partial charge is 0.241 e. The third-order valence-corrected chi connectivity index (χ3v) is 1.32. The van der Waals surface area contributed by atoms with E-state index < -0.39 is 0 Å². The Bertz CT molecular complexity index is 240. The molecular formula is C9H12N2. The molecule has 0 amide bonds. The monoisotopic (exact) mass is 148 g/mol. The second-order valence-electron chi connectivity index (χ2n) is 2.93. The zero-order valence-electron chi connectivity index (χ0n) is 6.91. The van der Waals surface area contributed by atoms with Crippen LogP contribution < -0.4 is 0 Å². The second kappa shape index (κ2) is 3.89. The van der Waals surface area contributed by atoms with E-state index in [1.54, 1.807) is 6.08 Å². The average Bonchev–Trinajstić information content (AvgIpc) is 2.14. The fourth-order valence-electron chi connectivity index (χ4n) is 0.895. The standard InChI is InChI=1S/C9H12N2/c1-8(2)6-9-4-3-5-10-7-11-9/h3-4,7-8H,6H2,1-2H3. The Kier molecular flexibility index (Phi) is 2.82. The van der Waals surface area contributed by atoms with Crippen molar-refractivity contribution in [2.75, 3.05) is 0 Å². The van der Waals surface area contributed by atoms with Crippen LogP contribution in [0.3, 0.4) is 0 Å². The number of hydrogen-bond donors (Lipinski definition) is 0. The number of aliphatic imine (C=N–C) groups is 2. The number of nitrogens with zero attached hydrogens (tertiary/aromatic N) is 2. The van der Waals surface area contributed by atoms with Crippen molar-refractivity contribution in [3.8, 4) is 0 Å². The Morgan fingerprint density at radius 1 is 1.55 bits per heavy atom. The molecule has 0 unspecified atom stereocenters. The molecule has 0 N–H and O–H groups in total. The lowest BCUT2D eigenvalue weighted by Crippen LogP contribution is -1.88. The van der Waals surface area contributed by atoms with Gasteiger partial charge in [0.15, 0.2) is 0 Å². The summed E-state index contributed by atoms with van der Waals surface area (Å²) >= 11 is 0. The van der Waals surface area contributed by atoms with Crippen LogP contribution in [0.25, 0.3) is 0 Å². The summed E-state index contributed by atoms with van der Waals surface area (Å²) in [7, 11) is 0. The molecule has 58 valence electrons. The smallest absolute Gasteiger partial charge is 0.125 e. The Hall–Kier alpha value is -1.14. The molecule has 2 nitrogen and oxygen atoms in total. The van der Waals surface area contributed by atoms with Gasteiger partial charge in [-0.05, 0) is 24.3 Å². The second-order valence-corrected chi connectivity index (χ2v) is 2.93. The van der Waals surface area contributed by atoms with Gasteiger partial charge in [-0.3, -0.25) is 0 Å². The Balaban J connectivity index is 2.60. The summed E-state index contributed by atoms with van der Waals surface area (Å²) in [5, 5.41) is 0. The lowest BCUT2D eigenvalue weighted by atomic mass is 10.1. The van der Waals surface area contributed by atoms with Gasteiger partial charge in [0.1, 0.15) is 6.34 Å². The van der Waals surface area contributed by atoms with Gasteiger partial charge in [0.25, 0.3) is 0 Å². The van der Waals surface area contributed by atoms with Crippen molar-refractivity contribution in [3.05, 3.63) is 17.8 Å². The predicted molar refractivity (Wildman–Crippen MR) is 48.0 cm³/mol. The highest BCUT2D eigenvalue weighted by Crippen LogP contribution is 2.11. The number of rotatable bonds is 2. The first-order valence-corrected chi connectivity index (χ1v) is 3.79. The highest BCUT2D eigenvalue weighted by Gasteiger charge is 1.97. The summed E-state index contributed by atoms with van der Waals surface area (Å²) in [6.07, 6.45) is 6.29. The molecule has 0 aromatic carbocycles. The summed E-state index contributed by atoms with van der Waals surface area (Å²) in [5.74, 6) is 3.37. The van der Waals surface area contributed by atoms with Crippen molar-refractivity contribution in [2.45, 2.75) is 20.3 Å². The first kappa shape index (κ1) is 7.96. The van der Waals surface area contributed by atoms with Crippen LogP contribution >= 0.6 is 0 Å². The molecule has 1 heterocycles. The molecule has 0 aromatic heterocycles. The fourth-order valence-corrected chi connectivity index (χ4v) is 0.895. The lowest BCUT2D eigenvalue weighted by molar-refractivity contribution is 0.639. The van der Waals surface area contributed by atoms with E-state index in [-0.39, 0.29) is 0 Å². The Morgan fingerprint density at radius 2 is 2.36 bits per heavy atom. The third-order valence-electron chi connectivity index (χ3n) is 1.32. The van der Waals surface area contributed by atoms with Crippen LogP contribution in [-0.2, 0) is 0 Å². The van der Waals surface area contributed by atoms with E-state index >= 15 is 0 Å². The van der Waals surface area contributed by atoms with Gasteiger partial charge in [0, 0.05) is 11.8 Å². The number of allylic oxidation sites excluding steroid dienone is 3. The zero-order chi connectivity index (χ0) is 8.10. The molecule has 0 spiro atoms. The molecule has 0 saturated carbocycles. The summed E-state index contributed by atoms with van der Waals surface area (Å²) in [6.45, 7) is 4.34. The third kappa shape index (κ3) is 2.96. The fraction of sp³-hybridized carbons (Fsp3) is 0.444. The minimum atomic E-state index is 0.643. The van der Waals surface area contributed by atoms with Gasteiger partial charge in [-0.2, -0.15) is 4.99 Å². The molecule has 0 saturated heterocycles. The minimum absolute atomic E-state index is 0.643. The first-order valence-electron chi connectivity index (χ1n) is 3.79. The van der Waals surface area contributed by atoms with E-state index in [2.05, 4.69) is 29.7 Å². The molecule has 2 heteroatoms. The molecule has 1 aliphatic heterocycles. The normalized spacial score (nSPS) is 15.4. The zero-order valence-corrected chi connectivity index (χ0v) is 6.91. The van der Waals surface area contributed by atoms with Crippen LogP contribution in [0.2, 0.25) is 0 Å². The maximum Gasteiger partial charge on any atom is 0.125 e. The molecule has 11 heavy (non-hydrogen) atoms. The molecule has 1 rings (SSSR count). The van der Waals surface area contributed by atoms with Gasteiger partial charge in [0.05, 0.1) is 0 Å². The maximum atomic E-state index is 4.14. The topological polar surface area (TPSA) is 24.7 Å². The molecule has 0 aromatic rings. The summed E-state index contributed by atoms with van der Waals surface area (Å²) in [4.78, 5) is 7.92. The molecular weight excluding hydrogens is 136 g/mol. The van der Waals surface area contributed by atoms with Gasteiger partial charge >= 0.3 is 0 Å². The first-order chi connectivity index (χ1) is 5.29. The molecule has 0 bridgehead atoms. The van der Waals surface area contributed by atoms with E-state index in [4.69, 9.17) is 0 Å². The Labute approximate surface area is 67.1 Å². The molecule has 0 aliphatic carbocycles. The highest BCUT2D eigenvalue weighted by atomic mass is 14.9. The SMILES string of the molecule is CC(C)CC1=CC=C=NC=N1.